The van der Waals surface area contributed by atoms with E-state index in [4.69, 9.17) is 4.74 Å². The van der Waals surface area contributed by atoms with Crippen molar-refractivity contribution in [3.63, 3.8) is 0 Å². The fourth-order valence-corrected chi connectivity index (χ4v) is 7.20. The molecule has 0 aromatic heterocycles. The third-order valence-corrected chi connectivity index (χ3v) is 9.73. The lowest BCUT2D eigenvalue weighted by Crippen LogP contribution is -2.57. The molecule has 2 nitrogen and oxygen atoms in total. The van der Waals surface area contributed by atoms with Crippen LogP contribution in [0.3, 0.4) is 0 Å². The highest BCUT2D eigenvalue weighted by Crippen LogP contribution is 2.37. The van der Waals surface area contributed by atoms with Gasteiger partial charge in [0.15, 0.2) is 0 Å². The van der Waals surface area contributed by atoms with Crippen molar-refractivity contribution in [1.82, 2.24) is 0 Å². The van der Waals surface area contributed by atoms with E-state index in [1.807, 2.05) is 0 Å². The van der Waals surface area contributed by atoms with E-state index in [9.17, 15) is 0 Å². The summed E-state index contributed by atoms with van der Waals surface area (Å²) >= 11 is 0. The van der Waals surface area contributed by atoms with Crippen LogP contribution >= 0.6 is 0 Å². The normalized spacial score (nSPS) is 12.2. The van der Waals surface area contributed by atoms with E-state index in [-0.39, 0.29) is 6.71 Å². The lowest BCUT2D eigenvalue weighted by atomic mass is 9.34. The van der Waals surface area contributed by atoms with Crippen LogP contribution in [0.5, 0.6) is 11.5 Å². The molecule has 6 aromatic rings. The van der Waals surface area contributed by atoms with E-state index in [1.54, 1.807) is 0 Å². The number of nitrogens with zero attached hydrogens (tertiary/aromatic N) is 1. The van der Waals surface area contributed by atoms with Crippen LogP contribution in [-0.4, -0.2) is 6.71 Å². The highest BCUT2D eigenvalue weighted by Gasteiger charge is 2.36. The molecule has 0 unspecified atom stereocenters. The van der Waals surface area contributed by atoms with Crippen molar-refractivity contribution < 1.29 is 4.74 Å². The van der Waals surface area contributed by atoms with Crippen molar-refractivity contribution in [2.45, 2.75) is 59.3 Å². The summed E-state index contributed by atoms with van der Waals surface area (Å²) in [6.07, 6.45) is 0. The molecule has 238 valence electrons. The number of benzene rings is 6. The van der Waals surface area contributed by atoms with Gasteiger partial charge in [0, 0.05) is 17.1 Å². The van der Waals surface area contributed by atoms with E-state index < -0.39 is 0 Å². The number of hydrogen-bond donors (Lipinski definition) is 0. The largest absolute Gasteiger partial charge is 0.458 e. The van der Waals surface area contributed by atoms with Crippen LogP contribution in [-0.2, 0) is 0 Å². The van der Waals surface area contributed by atoms with Gasteiger partial charge < -0.3 is 9.64 Å². The Labute approximate surface area is 287 Å². The quantitative estimate of drug-likeness (QED) is 0.156. The molecule has 6 aromatic carbocycles. The molecule has 3 heteroatoms. The van der Waals surface area contributed by atoms with Gasteiger partial charge in [-0.25, -0.2) is 0 Å². The van der Waals surface area contributed by atoms with E-state index >= 15 is 0 Å². The second-order valence-corrected chi connectivity index (χ2v) is 14.0. The van der Waals surface area contributed by atoms with Crippen LogP contribution in [0.15, 0.2) is 140 Å². The molecule has 48 heavy (non-hydrogen) atoms. The van der Waals surface area contributed by atoms with Gasteiger partial charge in [0.1, 0.15) is 11.5 Å². The van der Waals surface area contributed by atoms with Gasteiger partial charge in [0.25, 0.3) is 6.71 Å². The number of rotatable bonds is 8. The number of hydrogen-bond acceptors (Lipinski definition) is 2. The van der Waals surface area contributed by atoms with Crippen molar-refractivity contribution in [1.29, 1.82) is 0 Å². The van der Waals surface area contributed by atoms with Gasteiger partial charge >= 0.3 is 0 Å². The third kappa shape index (κ3) is 5.95. The summed E-state index contributed by atoms with van der Waals surface area (Å²) in [4.78, 5) is 2.30. The molecule has 1 aliphatic rings. The number of para-hydroxylation sites is 3. The van der Waals surface area contributed by atoms with Gasteiger partial charge in [-0.2, -0.15) is 0 Å². The van der Waals surface area contributed by atoms with Crippen LogP contribution in [0.4, 0.5) is 17.1 Å². The van der Waals surface area contributed by atoms with E-state index in [0.29, 0.717) is 17.8 Å². The molecule has 1 aliphatic heterocycles. The molecule has 0 fully saturated rings. The fourth-order valence-electron chi connectivity index (χ4n) is 7.20. The lowest BCUT2D eigenvalue weighted by molar-refractivity contribution is 0.487. The zero-order chi connectivity index (χ0) is 33.4. The first kappa shape index (κ1) is 31.6. The SMILES string of the molecule is CC(C)c1cc(C(C)C)c(B2c3ccccc3Oc3cc(-c4ccc(N(c5ccccc5)c5ccccc5)cc4)ccc32)c(C(C)C)c1. The van der Waals surface area contributed by atoms with Crippen molar-refractivity contribution in [3.8, 4) is 22.6 Å². The maximum Gasteiger partial charge on any atom is 0.251 e. The average Bonchev–Trinajstić information content (AvgIpc) is 3.11. The van der Waals surface area contributed by atoms with Gasteiger partial charge in [-0.1, -0.05) is 138 Å². The Morgan fingerprint density at radius 2 is 0.958 bits per heavy atom. The molecule has 0 saturated carbocycles. The summed E-state index contributed by atoms with van der Waals surface area (Å²) in [6, 6.07) is 50.4. The summed E-state index contributed by atoms with van der Waals surface area (Å²) in [5.41, 5.74) is 13.9. The van der Waals surface area contributed by atoms with Crippen LogP contribution in [0.25, 0.3) is 11.1 Å². The standard InChI is InChI=1S/C45H44BNO/c1-30(2)35-27-39(31(3)4)45(40(28-35)32(5)6)46-41-19-13-14-20-43(41)48-44-29-34(23-26-42(44)46)33-21-24-38(25-22-33)47(36-15-9-7-10-16-36)37-17-11-8-12-18-37/h7-32H,1-6H3. The minimum absolute atomic E-state index is 0.0997. The summed E-state index contributed by atoms with van der Waals surface area (Å²) in [6.45, 7) is 14.0. The van der Waals surface area contributed by atoms with E-state index in [0.717, 1.165) is 39.7 Å². The molecular weight excluding hydrogens is 581 g/mol. The van der Waals surface area contributed by atoms with Crippen molar-refractivity contribution in [3.05, 3.63) is 156 Å². The minimum Gasteiger partial charge on any atom is -0.458 e. The second kappa shape index (κ2) is 13.2. The zero-order valence-electron chi connectivity index (χ0n) is 28.9. The molecule has 0 aliphatic carbocycles. The maximum absolute atomic E-state index is 6.72. The first-order valence-electron chi connectivity index (χ1n) is 17.4. The predicted molar refractivity (Wildman–Crippen MR) is 206 cm³/mol. The molecule has 7 rings (SSSR count). The number of ether oxygens (including phenoxy) is 1. The number of anilines is 3. The smallest absolute Gasteiger partial charge is 0.251 e. The molecule has 0 spiro atoms. The Balaban J connectivity index is 1.32. The van der Waals surface area contributed by atoms with E-state index in [2.05, 4.69) is 186 Å². The van der Waals surface area contributed by atoms with Crippen molar-refractivity contribution in [2.24, 2.45) is 0 Å². The summed E-state index contributed by atoms with van der Waals surface area (Å²) < 4.78 is 6.72. The second-order valence-electron chi connectivity index (χ2n) is 14.0. The zero-order valence-corrected chi connectivity index (χ0v) is 28.9. The topological polar surface area (TPSA) is 12.5 Å². The molecular formula is C45H44BNO. The van der Waals surface area contributed by atoms with Crippen LogP contribution in [0.1, 0.15) is 76.0 Å². The Bertz CT molecular complexity index is 1960. The fraction of sp³-hybridized carbons (Fsp3) is 0.200. The molecule has 0 amide bonds. The van der Waals surface area contributed by atoms with Crippen LogP contribution in [0.2, 0.25) is 0 Å². The average molecular weight is 626 g/mol. The highest BCUT2D eigenvalue weighted by atomic mass is 16.5. The first-order chi connectivity index (χ1) is 23.3. The molecule has 1 heterocycles. The van der Waals surface area contributed by atoms with Crippen molar-refractivity contribution >= 4 is 40.2 Å². The summed E-state index contributed by atoms with van der Waals surface area (Å²) in [5.74, 6) is 3.16. The molecule has 0 atom stereocenters. The van der Waals surface area contributed by atoms with Gasteiger partial charge in [-0.3, -0.25) is 0 Å². The summed E-state index contributed by atoms with van der Waals surface area (Å²) in [5, 5.41) is 0. The van der Waals surface area contributed by atoms with Gasteiger partial charge in [0.2, 0.25) is 0 Å². The first-order valence-corrected chi connectivity index (χ1v) is 17.4. The van der Waals surface area contributed by atoms with Crippen molar-refractivity contribution in [2.75, 3.05) is 4.90 Å². The molecule has 0 saturated heterocycles. The minimum atomic E-state index is 0.0997. The maximum atomic E-state index is 6.72. The Kier molecular flexibility index (Phi) is 8.71. The predicted octanol–water partition coefficient (Wildman–Crippen LogP) is 10.8. The Morgan fingerprint density at radius 3 is 1.52 bits per heavy atom. The molecule has 0 radical (unpaired) electrons. The van der Waals surface area contributed by atoms with Crippen LogP contribution < -0.4 is 26.0 Å². The highest BCUT2D eigenvalue weighted by molar-refractivity contribution is 6.97. The Morgan fingerprint density at radius 1 is 0.458 bits per heavy atom. The number of fused-ring (bicyclic) bond motifs is 2. The Hall–Kier alpha value is -5.02. The summed E-state index contributed by atoms with van der Waals surface area (Å²) in [7, 11) is 0. The monoisotopic (exact) mass is 625 g/mol. The van der Waals surface area contributed by atoms with E-state index in [1.165, 1.54) is 33.1 Å². The third-order valence-electron chi connectivity index (χ3n) is 9.73. The van der Waals surface area contributed by atoms with Gasteiger partial charge in [0.05, 0.1) is 0 Å². The van der Waals surface area contributed by atoms with Gasteiger partial charge in [-0.05, 0) is 105 Å². The van der Waals surface area contributed by atoms with Gasteiger partial charge in [-0.15, -0.1) is 0 Å². The lowest BCUT2D eigenvalue weighted by Gasteiger charge is -2.32. The van der Waals surface area contributed by atoms with Crippen LogP contribution in [0, 0.1) is 0 Å². The molecule has 0 N–H and O–H groups in total. The molecule has 0 bridgehead atoms.